The van der Waals surface area contributed by atoms with Gasteiger partial charge in [0.05, 0.1) is 6.54 Å². The van der Waals surface area contributed by atoms with Crippen LogP contribution in [0.3, 0.4) is 0 Å². The second-order valence-corrected chi connectivity index (χ2v) is 6.91. The Balaban J connectivity index is 1.92. The van der Waals surface area contributed by atoms with Gasteiger partial charge in [-0.05, 0) is 37.1 Å². The molecule has 1 aromatic rings. The van der Waals surface area contributed by atoms with E-state index in [4.69, 9.17) is 4.99 Å². The first-order chi connectivity index (χ1) is 11.1. The van der Waals surface area contributed by atoms with Crippen molar-refractivity contribution in [3.63, 3.8) is 0 Å². The average Bonchev–Trinajstić information content (AvgIpc) is 2.77. The summed E-state index contributed by atoms with van der Waals surface area (Å²) >= 11 is 0. The van der Waals surface area contributed by atoms with Crippen molar-refractivity contribution in [1.29, 1.82) is 0 Å². The molecule has 0 atom stereocenters. The molecular formula is C19H32N4. The third kappa shape index (κ3) is 5.87. The summed E-state index contributed by atoms with van der Waals surface area (Å²) in [4.78, 5) is 11.4. The van der Waals surface area contributed by atoms with Crippen LogP contribution in [0, 0.1) is 0 Å². The van der Waals surface area contributed by atoms with E-state index in [0.717, 1.165) is 19.0 Å². The molecule has 2 rings (SSSR count). The van der Waals surface area contributed by atoms with Crippen LogP contribution >= 0.6 is 0 Å². The van der Waals surface area contributed by atoms with Gasteiger partial charge in [-0.15, -0.1) is 0 Å². The summed E-state index contributed by atoms with van der Waals surface area (Å²) in [6, 6.07) is 8.97. The minimum absolute atomic E-state index is 0.732. The van der Waals surface area contributed by atoms with Crippen molar-refractivity contribution in [1.82, 2.24) is 14.7 Å². The van der Waals surface area contributed by atoms with Gasteiger partial charge in [0, 0.05) is 34.7 Å². The second-order valence-electron chi connectivity index (χ2n) is 6.91. The monoisotopic (exact) mass is 316 g/mol. The number of hydrogen-bond acceptors (Lipinski definition) is 2. The molecule has 1 aromatic carbocycles. The second kappa shape index (κ2) is 8.92. The standard InChI is InChI=1S/C19H32N4/c1-21(2)19(22(3)4)20-15-17-9-11-18(12-10-17)16-23-13-7-5-6-8-14-23/h9-12H,5-8,13-16H2,1-4H3. The van der Waals surface area contributed by atoms with Gasteiger partial charge in [-0.3, -0.25) is 4.90 Å². The van der Waals surface area contributed by atoms with Crippen LogP contribution in [0.2, 0.25) is 0 Å². The van der Waals surface area contributed by atoms with Gasteiger partial charge in [0.1, 0.15) is 0 Å². The van der Waals surface area contributed by atoms with Crippen molar-refractivity contribution >= 4 is 5.96 Å². The Morgan fingerprint density at radius 2 is 1.39 bits per heavy atom. The summed E-state index contributed by atoms with van der Waals surface area (Å²) < 4.78 is 0. The minimum Gasteiger partial charge on any atom is -0.349 e. The minimum atomic E-state index is 0.732. The van der Waals surface area contributed by atoms with E-state index in [-0.39, 0.29) is 0 Å². The molecule has 0 aromatic heterocycles. The van der Waals surface area contributed by atoms with Gasteiger partial charge in [-0.25, -0.2) is 4.99 Å². The molecule has 0 amide bonds. The van der Waals surface area contributed by atoms with Gasteiger partial charge in [-0.2, -0.15) is 0 Å². The van der Waals surface area contributed by atoms with E-state index < -0.39 is 0 Å². The number of aliphatic imine (C=N–C) groups is 1. The van der Waals surface area contributed by atoms with Crippen LogP contribution in [-0.4, -0.2) is 61.9 Å². The summed E-state index contributed by atoms with van der Waals surface area (Å²) in [6.07, 6.45) is 5.50. The highest BCUT2D eigenvalue weighted by molar-refractivity contribution is 5.79. The zero-order valence-corrected chi connectivity index (χ0v) is 15.3. The Labute approximate surface area is 141 Å². The van der Waals surface area contributed by atoms with E-state index in [9.17, 15) is 0 Å². The predicted octanol–water partition coefficient (Wildman–Crippen LogP) is 3.04. The Kier molecular flexibility index (Phi) is 6.90. The number of hydrogen-bond donors (Lipinski definition) is 0. The van der Waals surface area contributed by atoms with Gasteiger partial charge in [0.15, 0.2) is 5.96 Å². The third-order valence-electron chi connectivity index (χ3n) is 4.33. The van der Waals surface area contributed by atoms with Gasteiger partial charge in [0.2, 0.25) is 0 Å². The largest absolute Gasteiger partial charge is 0.349 e. The number of guanidine groups is 1. The zero-order chi connectivity index (χ0) is 16.7. The Morgan fingerprint density at radius 3 is 1.91 bits per heavy atom. The molecule has 0 N–H and O–H groups in total. The maximum atomic E-state index is 4.71. The van der Waals surface area contributed by atoms with Gasteiger partial charge in [0.25, 0.3) is 0 Å². The molecule has 0 aliphatic carbocycles. The van der Waals surface area contributed by atoms with Crippen LogP contribution in [0.4, 0.5) is 0 Å². The van der Waals surface area contributed by atoms with Gasteiger partial charge >= 0.3 is 0 Å². The van der Waals surface area contributed by atoms with E-state index >= 15 is 0 Å². The van der Waals surface area contributed by atoms with Crippen LogP contribution in [0.15, 0.2) is 29.3 Å². The molecule has 1 fully saturated rings. The molecule has 0 saturated carbocycles. The van der Waals surface area contributed by atoms with Crippen molar-refractivity contribution in [3.8, 4) is 0 Å². The number of rotatable bonds is 4. The lowest BCUT2D eigenvalue weighted by Gasteiger charge is -2.22. The lowest BCUT2D eigenvalue weighted by Crippen LogP contribution is -2.35. The lowest BCUT2D eigenvalue weighted by atomic mass is 10.1. The SMILES string of the molecule is CN(C)C(=NCc1ccc(CN2CCCCCC2)cc1)N(C)C. The summed E-state index contributed by atoms with van der Waals surface area (Å²) in [7, 11) is 8.12. The topological polar surface area (TPSA) is 22.1 Å². The first-order valence-corrected chi connectivity index (χ1v) is 8.75. The van der Waals surface area contributed by atoms with E-state index in [0.29, 0.717) is 0 Å². The molecular weight excluding hydrogens is 284 g/mol. The molecule has 1 saturated heterocycles. The van der Waals surface area contributed by atoms with Gasteiger partial charge < -0.3 is 9.80 Å². The predicted molar refractivity (Wildman–Crippen MR) is 98.7 cm³/mol. The molecule has 4 heteroatoms. The normalized spacial score (nSPS) is 15.8. The quantitative estimate of drug-likeness (QED) is 0.630. The fourth-order valence-corrected chi connectivity index (χ4v) is 3.15. The fraction of sp³-hybridized carbons (Fsp3) is 0.632. The van der Waals surface area contributed by atoms with Crippen molar-refractivity contribution in [2.75, 3.05) is 41.3 Å². The first-order valence-electron chi connectivity index (χ1n) is 8.75. The van der Waals surface area contributed by atoms with Crippen LogP contribution in [0.25, 0.3) is 0 Å². The molecule has 128 valence electrons. The molecule has 23 heavy (non-hydrogen) atoms. The fourth-order valence-electron chi connectivity index (χ4n) is 3.15. The molecule has 0 unspecified atom stereocenters. The maximum absolute atomic E-state index is 4.71. The molecule has 0 radical (unpaired) electrons. The highest BCUT2D eigenvalue weighted by Gasteiger charge is 2.09. The zero-order valence-electron chi connectivity index (χ0n) is 15.3. The molecule has 4 nitrogen and oxygen atoms in total. The van der Waals surface area contributed by atoms with E-state index in [1.807, 2.05) is 38.0 Å². The molecule has 0 spiro atoms. The number of likely N-dealkylation sites (tertiary alicyclic amines) is 1. The summed E-state index contributed by atoms with van der Waals surface area (Å²) in [5, 5.41) is 0. The van der Waals surface area contributed by atoms with E-state index in [1.165, 1.54) is 49.9 Å². The molecule has 1 heterocycles. The third-order valence-corrected chi connectivity index (χ3v) is 4.33. The van der Waals surface area contributed by atoms with E-state index in [2.05, 4.69) is 29.2 Å². The Bertz CT molecular complexity index is 473. The summed E-state index contributed by atoms with van der Waals surface area (Å²) in [6.45, 7) is 4.32. The smallest absolute Gasteiger partial charge is 0.195 e. The number of benzene rings is 1. The molecule has 1 aliphatic rings. The van der Waals surface area contributed by atoms with Crippen molar-refractivity contribution in [2.24, 2.45) is 4.99 Å². The van der Waals surface area contributed by atoms with E-state index in [1.54, 1.807) is 0 Å². The molecule has 0 bridgehead atoms. The first kappa shape index (κ1) is 17.8. The van der Waals surface area contributed by atoms with Crippen molar-refractivity contribution in [2.45, 2.75) is 38.8 Å². The van der Waals surface area contributed by atoms with Crippen LogP contribution in [-0.2, 0) is 13.1 Å². The Morgan fingerprint density at radius 1 is 0.870 bits per heavy atom. The lowest BCUT2D eigenvalue weighted by molar-refractivity contribution is 0.277. The van der Waals surface area contributed by atoms with Crippen LogP contribution in [0.1, 0.15) is 36.8 Å². The summed E-state index contributed by atoms with van der Waals surface area (Å²) in [5.41, 5.74) is 2.69. The maximum Gasteiger partial charge on any atom is 0.195 e. The number of nitrogens with zero attached hydrogens (tertiary/aromatic N) is 4. The molecule has 1 aliphatic heterocycles. The average molecular weight is 316 g/mol. The highest BCUT2D eigenvalue weighted by Crippen LogP contribution is 2.14. The van der Waals surface area contributed by atoms with Crippen molar-refractivity contribution < 1.29 is 0 Å². The Hall–Kier alpha value is -1.55. The highest BCUT2D eigenvalue weighted by atomic mass is 15.3. The summed E-state index contributed by atoms with van der Waals surface area (Å²) in [5.74, 6) is 0.999. The van der Waals surface area contributed by atoms with Crippen molar-refractivity contribution in [3.05, 3.63) is 35.4 Å². The van der Waals surface area contributed by atoms with Gasteiger partial charge in [-0.1, -0.05) is 37.1 Å². The van der Waals surface area contributed by atoms with Crippen LogP contribution in [0.5, 0.6) is 0 Å². The van der Waals surface area contributed by atoms with Crippen LogP contribution < -0.4 is 0 Å².